The second-order valence-electron chi connectivity index (χ2n) is 1.79. The summed E-state index contributed by atoms with van der Waals surface area (Å²) >= 11 is 0. The van der Waals surface area contributed by atoms with Gasteiger partial charge in [-0.15, -0.1) is 0 Å². The molecular formula is C6H16O3P+. The van der Waals surface area contributed by atoms with Crippen molar-refractivity contribution in [2.45, 2.75) is 20.8 Å². The van der Waals surface area contributed by atoms with E-state index >= 15 is 0 Å². The molecule has 0 aliphatic rings. The third kappa shape index (κ3) is 3.47. The van der Waals surface area contributed by atoms with Gasteiger partial charge < -0.3 is 0 Å². The lowest BCUT2D eigenvalue weighted by atomic mass is 10.9. The first kappa shape index (κ1) is 10.3. The van der Waals surface area contributed by atoms with Gasteiger partial charge in [0.1, 0.15) is 6.16 Å². The molecule has 0 saturated carbocycles. The zero-order chi connectivity index (χ0) is 8.04. The minimum absolute atomic E-state index is 0.512. The highest BCUT2D eigenvalue weighted by atomic mass is 31.2. The fourth-order valence-electron chi connectivity index (χ4n) is 0.623. The van der Waals surface area contributed by atoms with Gasteiger partial charge in [0.25, 0.3) is 0 Å². The summed E-state index contributed by atoms with van der Waals surface area (Å²) in [6.45, 7) is 6.58. The molecule has 0 fully saturated rings. The van der Waals surface area contributed by atoms with Gasteiger partial charge in [-0.3, -0.25) is 0 Å². The minimum atomic E-state index is -2.45. The van der Waals surface area contributed by atoms with Crippen LogP contribution in [0.1, 0.15) is 20.8 Å². The van der Waals surface area contributed by atoms with Crippen molar-refractivity contribution in [3.8, 4) is 0 Å². The van der Waals surface area contributed by atoms with Gasteiger partial charge in [0.05, 0.1) is 13.2 Å². The van der Waals surface area contributed by atoms with Gasteiger partial charge in [0, 0.05) is 0 Å². The van der Waals surface area contributed by atoms with Gasteiger partial charge in [-0.1, -0.05) is 0 Å². The monoisotopic (exact) mass is 167 g/mol. The number of hydrogen-bond donors (Lipinski definition) is 1. The van der Waals surface area contributed by atoms with Crippen LogP contribution in [0, 0.1) is 0 Å². The van der Waals surface area contributed by atoms with E-state index in [0.29, 0.717) is 19.4 Å². The third-order valence-corrected chi connectivity index (χ3v) is 3.18. The Morgan fingerprint density at radius 2 is 1.50 bits per heavy atom. The second-order valence-corrected chi connectivity index (χ2v) is 4.21. The molecule has 4 heteroatoms. The molecule has 0 aliphatic carbocycles. The molecule has 10 heavy (non-hydrogen) atoms. The maximum absolute atomic E-state index is 9.49. The van der Waals surface area contributed by atoms with Crippen LogP contribution in [-0.2, 0) is 9.05 Å². The average molecular weight is 167 g/mol. The average Bonchev–Trinajstić information content (AvgIpc) is 1.89. The van der Waals surface area contributed by atoms with Crippen LogP contribution in [-0.4, -0.2) is 24.3 Å². The molecule has 0 aromatic rings. The molecule has 0 bridgehead atoms. The Morgan fingerprint density at radius 1 is 1.10 bits per heavy atom. The zero-order valence-electron chi connectivity index (χ0n) is 6.83. The molecule has 0 amide bonds. The molecule has 0 aromatic heterocycles. The van der Waals surface area contributed by atoms with Crippen molar-refractivity contribution in [1.82, 2.24) is 0 Å². The normalized spacial score (nSPS) is 12.0. The molecule has 0 heterocycles. The van der Waals surface area contributed by atoms with Crippen LogP contribution in [0.15, 0.2) is 0 Å². The summed E-state index contributed by atoms with van der Waals surface area (Å²) in [5, 5.41) is 0. The molecule has 0 spiro atoms. The maximum atomic E-state index is 9.49. The van der Waals surface area contributed by atoms with Crippen LogP contribution in [0.3, 0.4) is 0 Å². The van der Waals surface area contributed by atoms with Crippen molar-refractivity contribution in [2.75, 3.05) is 19.4 Å². The van der Waals surface area contributed by atoms with E-state index in [1.165, 1.54) is 0 Å². The quantitative estimate of drug-likeness (QED) is 0.635. The highest BCUT2D eigenvalue weighted by Crippen LogP contribution is 2.56. The van der Waals surface area contributed by atoms with Crippen molar-refractivity contribution in [3.05, 3.63) is 0 Å². The lowest BCUT2D eigenvalue weighted by molar-refractivity contribution is 0.191. The molecule has 0 atom stereocenters. The van der Waals surface area contributed by atoms with E-state index in [0.717, 1.165) is 0 Å². The first-order valence-electron chi connectivity index (χ1n) is 3.58. The van der Waals surface area contributed by atoms with E-state index in [2.05, 4.69) is 0 Å². The van der Waals surface area contributed by atoms with Gasteiger partial charge in [-0.25, -0.2) is 0 Å². The molecule has 62 valence electrons. The van der Waals surface area contributed by atoms with E-state index in [-0.39, 0.29) is 0 Å². The SMILES string of the molecule is CCO[P+](O)(CC)OCC. The summed E-state index contributed by atoms with van der Waals surface area (Å²) in [6, 6.07) is 0. The second kappa shape index (κ2) is 5.03. The first-order valence-corrected chi connectivity index (χ1v) is 5.34. The van der Waals surface area contributed by atoms with Crippen molar-refractivity contribution >= 4 is 7.94 Å². The molecule has 3 nitrogen and oxygen atoms in total. The molecule has 0 radical (unpaired) electrons. The van der Waals surface area contributed by atoms with Crippen LogP contribution in [0.4, 0.5) is 0 Å². The summed E-state index contributed by atoms with van der Waals surface area (Å²) in [5.74, 6) is 0. The summed E-state index contributed by atoms with van der Waals surface area (Å²) in [6.07, 6.45) is 0.564. The van der Waals surface area contributed by atoms with Gasteiger partial charge in [-0.2, -0.15) is 13.9 Å². The van der Waals surface area contributed by atoms with E-state index in [1.54, 1.807) is 0 Å². The predicted octanol–water partition coefficient (Wildman–Crippen LogP) is 1.83. The van der Waals surface area contributed by atoms with Gasteiger partial charge in [0.2, 0.25) is 0 Å². The van der Waals surface area contributed by atoms with Gasteiger partial charge in [0.15, 0.2) is 0 Å². The minimum Gasteiger partial charge on any atom is -0.193 e. The Hall–Kier alpha value is 0.310. The molecule has 1 N–H and O–H groups in total. The smallest absolute Gasteiger partial charge is 0.193 e. The predicted molar refractivity (Wildman–Crippen MR) is 42.9 cm³/mol. The molecule has 0 saturated heterocycles. The van der Waals surface area contributed by atoms with E-state index in [1.807, 2.05) is 20.8 Å². The summed E-state index contributed by atoms with van der Waals surface area (Å²) in [4.78, 5) is 9.49. The fraction of sp³-hybridized carbons (Fsp3) is 1.00. The Balaban J connectivity index is 3.69. The van der Waals surface area contributed by atoms with Crippen LogP contribution < -0.4 is 0 Å². The van der Waals surface area contributed by atoms with Crippen molar-refractivity contribution in [3.63, 3.8) is 0 Å². The Kier molecular flexibility index (Phi) is 5.18. The van der Waals surface area contributed by atoms with E-state index in [4.69, 9.17) is 9.05 Å². The fourth-order valence-corrected chi connectivity index (χ4v) is 1.87. The van der Waals surface area contributed by atoms with Crippen molar-refractivity contribution < 1.29 is 13.9 Å². The van der Waals surface area contributed by atoms with Crippen molar-refractivity contribution in [1.29, 1.82) is 0 Å². The van der Waals surface area contributed by atoms with Crippen LogP contribution >= 0.6 is 7.94 Å². The molecule has 0 aliphatic heterocycles. The molecule has 0 unspecified atom stereocenters. The zero-order valence-corrected chi connectivity index (χ0v) is 7.73. The first-order chi connectivity index (χ1) is 4.68. The number of rotatable bonds is 5. The Bertz CT molecular complexity index is 81.1. The topological polar surface area (TPSA) is 38.7 Å². The highest BCUT2D eigenvalue weighted by molar-refractivity contribution is 7.60. The number of hydrogen-bond acceptors (Lipinski definition) is 3. The molecular weight excluding hydrogens is 151 g/mol. The van der Waals surface area contributed by atoms with Crippen LogP contribution in [0.2, 0.25) is 0 Å². The van der Waals surface area contributed by atoms with Crippen LogP contribution in [0.5, 0.6) is 0 Å². The summed E-state index contributed by atoms with van der Waals surface area (Å²) < 4.78 is 10.1. The highest BCUT2D eigenvalue weighted by Gasteiger charge is 2.36. The van der Waals surface area contributed by atoms with Gasteiger partial charge in [-0.05, 0) is 20.8 Å². The van der Waals surface area contributed by atoms with Gasteiger partial charge >= 0.3 is 7.94 Å². The molecule has 0 aromatic carbocycles. The van der Waals surface area contributed by atoms with E-state index < -0.39 is 7.94 Å². The van der Waals surface area contributed by atoms with Crippen LogP contribution in [0.25, 0.3) is 0 Å². The third-order valence-electron chi connectivity index (χ3n) is 1.06. The van der Waals surface area contributed by atoms with Crippen molar-refractivity contribution in [2.24, 2.45) is 0 Å². The Labute approximate surface area is 62.9 Å². The maximum Gasteiger partial charge on any atom is 0.408 e. The Morgan fingerprint density at radius 3 is 1.70 bits per heavy atom. The lowest BCUT2D eigenvalue weighted by Gasteiger charge is -2.12. The van der Waals surface area contributed by atoms with E-state index in [9.17, 15) is 4.89 Å². The summed E-state index contributed by atoms with van der Waals surface area (Å²) in [7, 11) is -2.45. The summed E-state index contributed by atoms with van der Waals surface area (Å²) in [5.41, 5.74) is 0. The largest absolute Gasteiger partial charge is 0.408 e. The lowest BCUT2D eigenvalue weighted by Crippen LogP contribution is -2.04. The molecule has 0 rings (SSSR count). The standard InChI is InChI=1S/C6H16O3P/c1-4-8-10(7,6-3)9-5-2/h7H,4-6H2,1-3H3/q+1.